The zero-order chi connectivity index (χ0) is 10.8. The van der Waals surface area contributed by atoms with Crippen molar-refractivity contribution in [3.8, 4) is 11.3 Å². The second-order valence-corrected chi connectivity index (χ2v) is 4.41. The molecule has 2 rings (SSSR count). The second kappa shape index (κ2) is 4.21. The quantitative estimate of drug-likeness (QED) is 0.860. The van der Waals surface area contributed by atoms with Crippen molar-refractivity contribution < 1.29 is 5.11 Å². The van der Waals surface area contributed by atoms with Gasteiger partial charge >= 0.3 is 0 Å². The molecule has 2 N–H and O–H groups in total. The molecule has 0 fully saturated rings. The van der Waals surface area contributed by atoms with E-state index in [2.05, 4.69) is 20.9 Å². The fourth-order valence-corrected chi connectivity index (χ4v) is 1.81. The van der Waals surface area contributed by atoms with Crippen LogP contribution in [0.25, 0.3) is 11.3 Å². The Bertz CT molecular complexity index is 459. The van der Waals surface area contributed by atoms with E-state index < -0.39 is 0 Å². The second-order valence-electron chi connectivity index (χ2n) is 3.50. The lowest BCUT2D eigenvalue weighted by molar-refractivity contribution is 0.281. The maximum absolute atomic E-state index is 9.10. The Morgan fingerprint density at radius 2 is 1.93 bits per heavy atom. The highest BCUT2D eigenvalue weighted by molar-refractivity contribution is 9.10. The Balaban J connectivity index is 2.41. The van der Waals surface area contributed by atoms with Crippen LogP contribution in [0.2, 0.25) is 0 Å². The van der Waals surface area contributed by atoms with Crippen molar-refractivity contribution in [3.05, 3.63) is 46.1 Å². The first kappa shape index (κ1) is 10.5. The number of halogens is 1. The number of aromatic nitrogens is 1. The minimum absolute atomic E-state index is 0.0822. The molecule has 78 valence electrons. The predicted octanol–water partition coefficient (Wildman–Crippen LogP) is 3.24. The van der Waals surface area contributed by atoms with Gasteiger partial charge in [-0.1, -0.05) is 28.1 Å². The number of aryl methyl sites for hydroxylation is 1. The molecule has 0 aliphatic rings. The molecule has 0 aliphatic heterocycles. The van der Waals surface area contributed by atoms with Gasteiger partial charge in [-0.2, -0.15) is 0 Å². The highest BCUT2D eigenvalue weighted by Gasteiger charge is 2.04. The molecule has 0 spiro atoms. The fourth-order valence-electron chi connectivity index (χ4n) is 1.55. The van der Waals surface area contributed by atoms with Crippen LogP contribution in [0.5, 0.6) is 0 Å². The number of aromatic amines is 1. The molecule has 0 saturated heterocycles. The van der Waals surface area contributed by atoms with Gasteiger partial charge in [0.25, 0.3) is 0 Å². The summed E-state index contributed by atoms with van der Waals surface area (Å²) in [5.41, 5.74) is 4.15. The van der Waals surface area contributed by atoms with Gasteiger partial charge in [-0.15, -0.1) is 0 Å². The average molecular weight is 266 g/mol. The van der Waals surface area contributed by atoms with Crippen molar-refractivity contribution >= 4 is 15.9 Å². The summed E-state index contributed by atoms with van der Waals surface area (Å²) in [4.78, 5) is 3.26. The molecule has 0 bridgehead atoms. The molecule has 0 saturated carbocycles. The van der Waals surface area contributed by atoms with Gasteiger partial charge in [0.2, 0.25) is 0 Å². The zero-order valence-corrected chi connectivity index (χ0v) is 10.0. The Morgan fingerprint density at radius 1 is 1.27 bits per heavy atom. The van der Waals surface area contributed by atoms with E-state index in [0.717, 1.165) is 27.0 Å². The van der Waals surface area contributed by atoms with E-state index in [-0.39, 0.29) is 6.61 Å². The van der Waals surface area contributed by atoms with Crippen molar-refractivity contribution in [3.63, 3.8) is 0 Å². The summed E-state index contributed by atoms with van der Waals surface area (Å²) in [6.45, 7) is 2.05. The van der Waals surface area contributed by atoms with Crippen LogP contribution in [0.15, 0.2) is 34.8 Å². The number of hydrogen-bond acceptors (Lipinski definition) is 1. The van der Waals surface area contributed by atoms with E-state index in [1.165, 1.54) is 0 Å². The summed E-state index contributed by atoms with van der Waals surface area (Å²) in [6.07, 6.45) is 0. The molecule has 0 amide bonds. The Labute approximate surface area is 97.1 Å². The Hall–Kier alpha value is -1.06. The van der Waals surface area contributed by atoms with E-state index in [1.54, 1.807) is 0 Å². The summed E-state index contributed by atoms with van der Waals surface area (Å²) in [5, 5.41) is 9.10. The lowest BCUT2D eigenvalue weighted by atomic mass is 10.1. The molecule has 0 aliphatic carbocycles. The molecule has 1 heterocycles. The molecule has 1 aromatic heterocycles. The summed E-state index contributed by atoms with van der Waals surface area (Å²) in [5.74, 6) is 0. The number of aliphatic hydroxyl groups is 1. The molecule has 3 heteroatoms. The summed E-state index contributed by atoms with van der Waals surface area (Å²) >= 11 is 3.40. The van der Waals surface area contributed by atoms with Crippen LogP contribution in [0.3, 0.4) is 0 Å². The monoisotopic (exact) mass is 265 g/mol. The number of nitrogens with one attached hydrogen (secondary N) is 1. The summed E-state index contributed by atoms with van der Waals surface area (Å²) in [6, 6.07) is 10.1. The molecule has 0 unspecified atom stereocenters. The topological polar surface area (TPSA) is 36.0 Å². The third-order valence-electron chi connectivity index (χ3n) is 2.45. The van der Waals surface area contributed by atoms with Gasteiger partial charge in [-0.05, 0) is 36.2 Å². The molecule has 2 nitrogen and oxygen atoms in total. The van der Waals surface area contributed by atoms with Crippen LogP contribution < -0.4 is 0 Å². The zero-order valence-electron chi connectivity index (χ0n) is 8.42. The summed E-state index contributed by atoms with van der Waals surface area (Å²) in [7, 11) is 0. The van der Waals surface area contributed by atoms with Crippen molar-refractivity contribution in [2.24, 2.45) is 0 Å². The van der Waals surface area contributed by atoms with Gasteiger partial charge in [0.05, 0.1) is 6.61 Å². The Morgan fingerprint density at radius 3 is 2.47 bits per heavy atom. The van der Waals surface area contributed by atoms with E-state index in [4.69, 9.17) is 5.11 Å². The van der Waals surface area contributed by atoms with E-state index in [0.29, 0.717) is 0 Å². The third-order valence-corrected chi connectivity index (χ3v) is 2.98. The standard InChI is InChI=1S/C12H12BrNO/c1-8-10(7-15)6-12(14-8)9-2-4-11(13)5-3-9/h2-6,14-15H,7H2,1H3. The Kier molecular flexibility index (Phi) is 2.93. The van der Waals surface area contributed by atoms with Gasteiger partial charge in [-0.25, -0.2) is 0 Å². The maximum atomic E-state index is 9.10. The highest BCUT2D eigenvalue weighted by Crippen LogP contribution is 2.23. The highest BCUT2D eigenvalue weighted by atomic mass is 79.9. The summed E-state index contributed by atoms with van der Waals surface area (Å²) < 4.78 is 1.07. The SMILES string of the molecule is Cc1[nH]c(-c2ccc(Br)cc2)cc1CO. The number of H-pyrrole nitrogens is 1. The van der Waals surface area contributed by atoms with Crippen LogP contribution in [-0.2, 0) is 6.61 Å². The lowest BCUT2D eigenvalue weighted by Crippen LogP contribution is -1.81. The molecule has 1 aromatic carbocycles. The lowest BCUT2D eigenvalue weighted by Gasteiger charge is -1.97. The molecular formula is C12H12BrNO. The molecular weight excluding hydrogens is 254 g/mol. The largest absolute Gasteiger partial charge is 0.392 e. The van der Waals surface area contributed by atoms with Gasteiger partial charge < -0.3 is 10.1 Å². The van der Waals surface area contributed by atoms with E-state index >= 15 is 0 Å². The first-order chi connectivity index (χ1) is 7.20. The van der Waals surface area contributed by atoms with Gasteiger partial charge in [0.15, 0.2) is 0 Å². The van der Waals surface area contributed by atoms with Crippen LogP contribution in [-0.4, -0.2) is 10.1 Å². The number of hydrogen-bond donors (Lipinski definition) is 2. The van der Waals surface area contributed by atoms with Crippen molar-refractivity contribution in [2.75, 3.05) is 0 Å². The van der Waals surface area contributed by atoms with Gasteiger partial charge in [0.1, 0.15) is 0 Å². The smallest absolute Gasteiger partial charge is 0.0699 e. The molecule has 15 heavy (non-hydrogen) atoms. The van der Waals surface area contributed by atoms with Crippen LogP contribution in [0.1, 0.15) is 11.3 Å². The van der Waals surface area contributed by atoms with Crippen LogP contribution >= 0.6 is 15.9 Å². The predicted molar refractivity (Wildman–Crippen MR) is 64.6 cm³/mol. The molecule has 2 aromatic rings. The third kappa shape index (κ3) is 2.13. The molecule has 0 radical (unpaired) electrons. The van der Waals surface area contributed by atoms with E-state index in [1.807, 2.05) is 37.3 Å². The van der Waals surface area contributed by atoms with E-state index in [9.17, 15) is 0 Å². The number of rotatable bonds is 2. The van der Waals surface area contributed by atoms with Gasteiger partial charge in [-0.3, -0.25) is 0 Å². The molecule has 0 atom stereocenters. The first-order valence-electron chi connectivity index (χ1n) is 4.76. The number of benzene rings is 1. The van der Waals surface area contributed by atoms with Crippen LogP contribution in [0, 0.1) is 6.92 Å². The maximum Gasteiger partial charge on any atom is 0.0699 e. The van der Waals surface area contributed by atoms with Crippen molar-refractivity contribution in [1.82, 2.24) is 4.98 Å². The minimum Gasteiger partial charge on any atom is -0.392 e. The van der Waals surface area contributed by atoms with Crippen molar-refractivity contribution in [1.29, 1.82) is 0 Å². The van der Waals surface area contributed by atoms with Crippen molar-refractivity contribution in [2.45, 2.75) is 13.5 Å². The van der Waals surface area contributed by atoms with Gasteiger partial charge in [0, 0.05) is 15.9 Å². The number of aliphatic hydroxyl groups excluding tert-OH is 1. The first-order valence-corrected chi connectivity index (χ1v) is 5.55. The average Bonchev–Trinajstić information content (AvgIpc) is 2.61. The van der Waals surface area contributed by atoms with Crippen LogP contribution in [0.4, 0.5) is 0 Å². The normalized spacial score (nSPS) is 10.6. The minimum atomic E-state index is 0.0822. The fraction of sp³-hybridized carbons (Fsp3) is 0.167.